The van der Waals surface area contributed by atoms with E-state index >= 15 is 0 Å². The number of rotatable bonds is 6. The maximum atomic E-state index is 2.71. The summed E-state index contributed by atoms with van der Waals surface area (Å²) in [5.41, 5.74) is 17.9. The fourth-order valence-electron chi connectivity index (χ4n) is 7.63. The number of allylic oxidation sites excluding steroid dienone is 2. The predicted molar refractivity (Wildman–Crippen MR) is 195 cm³/mol. The van der Waals surface area contributed by atoms with Gasteiger partial charge < -0.3 is 24.8 Å². The van der Waals surface area contributed by atoms with Crippen molar-refractivity contribution in [1.82, 2.24) is 0 Å². The third-order valence-electron chi connectivity index (χ3n) is 10.2. The van der Waals surface area contributed by atoms with Gasteiger partial charge in [-0.05, 0) is 0 Å². The van der Waals surface area contributed by atoms with Crippen LogP contribution in [0.1, 0.15) is 116 Å². The van der Waals surface area contributed by atoms with Crippen LogP contribution in [0, 0.1) is 0 Å². The largest absolute Gasteiger partial charge is 1.00 e. The van der Waals surface area contributed by atoms with E-state index in [1.54, 1.807) is 22.3 Å². The van der Waals surface area contributed by atoms with Crippen LogP contribution in [0.2, 0.25) is 0 Å². The first kappa shape index (κ1) is 37.5. The van der Waals surface area contributed by atoms with Crippen molar-refractivity contribution in [3.8, 4) is 22.3 Å². The van der Waals surface area contributed by atoms with Gasteiger partial charge in [-0.3, -0.25) is 0 Å². The second-order valence-electron chi connectivity index (χ2n) is 15.1. The molecule has 0 aliphatic heterocycles. The van der Waals surface area contributed by atoms with Crippen molar-refractivity contribution in [1.29, 1.82) is 0 Å². The van der Waals surface area contributed by atoms with Gasteiger partial charge in [0.15, 0.2) is 0 Å². The molecule has 0 N–H and O–H groups in total. The molecule has 0 spiro atoms. The molecule has 2 aliphatic carbocycles. The van der Waals surface area contributed by atoms with Gasteiger partial charge >= 0.3 is 282 Å². The van der Waals surface area contributed by atoms with Crippen molar-refractivity contribution < 1.29 is 46.1 Å². The minimum absolute atomic E-state index is 0. The van der Waals surface area contributed by atoms with E-state index in [2.05, 4.69) is 163 Å². The monoisotopic (exact) mass is 738 g/mol. The Hall–Kier alpha value is -2.31. The Labute approximate surface area is 304 Å². The number of benzene rings is 4. The molecule has 0 nitrogen and oxygen atoms in total. The van der Waals surface area contributed by atoms with Gasteiger partial charge in [0.25, 0.3) is 0 Å². The van der Waals surface area contributed by atoms with Gasteiger partial charge in [0.1, 0.15) is 0 Å². The summed E-state index contributed by atoms with van der Waals surface area (Å²) in [6.45, 7) is 20.9. The minimum Gasteiger partial charge on any atom is -1.00 e. The molecule has 0 saturated carbocycles. The Kier molecular flexibility index (Phi) is 11.7. The molecule has 2 aliphatic rings. The predicted octanol–water partition coefficient (Wildman–Crippen LogP) is 6.46. The smallest absolute Gasteiger partial charge is 1.00 e. The van der Waals surface area contributed by atoms with Crippen LogP contribution < -0.4 is 24.8 Å². The summed E-state index contributed by atoms with van der Waals surface area (Å²) in [4.78, 5) is 0. The molecule has 0 fully saturated rings. The van der Waals surface area contributed by atoms with Gasteiger partial charge in [-0.15, -0.1) is 0 Å². The van der Waals surface area contributed by atoms with E-state index < -0.39 is 21.3 Å². The topological polar surface area (TPSA) is 0 Å². The van der Waals surface area contributed by atoms with Crippen LogP contribution in [0.4, 0.5) is 0 Å². The first-order valence-electron chi connectivity index (χ1n) is 17.0. The molecule has 47 heavy (non-hydrogen) atoms. The Bertz CT molecular complexity index is 1690. The van der Waals surface area contributed by atoms with Crippen LogP contribution in [0.15, 0.2) is 96.1 Å². The third-order valence-corrected chi connectivity index (χ3v) is 18.5. The SMILES string of the molecule is C[CH]=[Zr+2]([CH]1C(CC)=Cc2c(-c3ccc(C(C)(C)C)cc3)cccc21)[CH]1C(CC)=Cc2c(-c3ccc(C(C)(C)C)cc3)cccc21.[Cl-].[Cl-]. The van der Waals surface area contributed by atoms with E-state index in [0.29, 0.717) is 7.25 Å². The van der Waals surface area contributed by atoms with Gasteiger partial charge in [0.2, 0.25) is 0 Å². The van der Waals surface area contributed by atoms with E-state index in [4.69, 9.17) is 0 Å². The maximum absolute atomic E-state index is 2.71. The molecule has 0 saturated heterocycles. The molecule has 0 aromatic heterocycles. The average Bonchev–Trinajstić information content (AvgIpc) is 3.59. The van der Waals surface area contributed by atoms with Gasteiger partial charge in [-0.25, -0.2) is 0 Å². The minimum atomic E-state index is -2.28. The van der Waals surface area contributed by atoms with Gasteiger partial charge in [0, 0.05) is 0 Å². The number of halogens is 2. The van der Waals surface area contributed by atoms with Crippen molar-refractivity contribution in [2.45, 2.75) is 93.2 Å². The Morgan fingerprint density at radius 3 is 1.21 bits per heavy atom. The van der Waals surface area contributed by atoms with Gasteiger partial charge in [-0.1, -0.05) is 0 Å². The normalized spacial score (nSPS) is 16.5. The van der Waals surface area contributed by atoms with Crippen LogP contribution in [0.5, 0.6) is 0 Å². The number of hydrogen-bond donors (Lipinski definition) is 0. The zero-order chi connectivity index (χ0) is 32.1. The molecule has 4 aromatic carbocycles. The summed E-state index contributed by atoms with van der Waals surface area (Å²) in [6, 6.07) is 32.9. The average molecular weight is 741 g/mol. The molecular weight excluding hydrogens is 691 g/mol. The number of fused-ring (bicyclic) bond motifs is 2. The molecule has 0 bridgehead atoms. The molecule has 2 unspecified atom stereocenters. The molecule has 0 radical (unpaired) electrons. The number of hydrogen-bond acceptors (Lipinski definition) is 0. The van der Waals surface area contributed by atoms with E-state index in [1.165, 1.54) is 44.5 Å². The van der Waals surface area contributed by atoms with E-state index in [1.807, 2.05) is 0 Å². The van der Waals surface area contributed by atoms with Gasteiger partial charge in [-0.2, -0.15) is 0 Å². The van der Waals surface area contributed by atoms with Crippen molar-refractivity contribution in [2.24, 2.45) is 0 Å². The first-order valence-corrected chi connectivity index (χ1v) is 21.3. The summed E-state index contributed by atoms with van der Waals surface area (Å²) in [5, 5.41) is 0. The molecule has 2 atom stereocenters. The zero-order valence-corrected chi connectivity index (χ0v) is 33.6. The summed E-state index contributed by atoms with van der Waals surface area (Å²) in [7, 11) is 0. The molecule has 4 aromatic rings. The summed E-state index contributed by atoms with van der Waals surface area (Å²) >= 11 is -2.28. The second kappa shape index (κ2) is 14.7. The Morgan fingerprint density at radius 1 is 0.553 bits per heavy atom. The fourth-order valence-corrected chi connectivity index (χ4v) is 16.6. The van der Waals surface area contributed by atoms with E-state index in [-0.39, 0.29) is 35.6 Å². The molecule has 3 heteroatoms. The Balaban J connectivity index is 0.00000250. The first-order chi connectivity index (χ1) is 21.5. The van der Waals surface area contributed by atoms with Crippen LogP contribution in [-0.4, -0.2) is 3.71 Å². The quantitative estimate of drug-likeness (QED) is 0.213. The van der Waals surface area contributed by atoms with Crippen molar-refractivity contribution >= 4 is 15.9 Å². The van der Waals surface area contributed by atoms with Crippen LogP contribution in [0.25, 0.3) is 34.4 Å². The molecule has 0 heterocycles. The Morgan fingerprint density at radius 2 is 0.915 bits per heavy atom. The summed E-state index contributed by atoms with van der Waals surface area (Å²) in [5.74, 6) is 0. The van der Waals surface area contributed by atoms with Gasteiger partial charge in [0.05, 0.1) is 0 Å². The van der Waals surface area contributed by atoms with E-state index in [0.717, 1.165) is 12.8 Å². The van der Waals surface area contributed by atoms with E-state index in [9.17, 15) is 0 Å². The molecule has 6 rings (SSSR count). The van der Waals surface area contributed by atoms with Crippen LogP contribution >= 0.6 is 0 Å². The maximum Gasteiger partial charge on any atom is -1.00 e. The van der Waals surface area contributed by atoms with Crippen molar-refractivity contribution in [3.63, 3.8) is 0 Å². The molecule has 244 valence electrons. The standard InChI is InChI=1S/2C21H23.C2H4.2ClH.Zr/c2*1-5-15-13-17-7-6-8-19(20(17)14-15)16-9-11-18(12-10-16)21(2,3)4;1-2;;;/h2*6-14H,5H2,1-4H3;1H,2H3;2*1H;/q;;;;;+2/p-2. The van der Waals surface area contributed by atoms with Crippen LogP contribution in [0.3, 0.4) is 0 Å². The fraction of sp³-hybridized carbons (Fsp3) is 0.341. The summed E-state index contributed by atoms with van der Waals surface area (Å²) < 4.78 is 3.86. The second-order valence-corrected chi connectivity index (χ2v) is 21.8. The molecule has 0 amide bonds. The molecular formula is C44H50Cl2Zr. The van der Waals surface area contributed by atoms with Crippen LogP contribution in [-0.2, 0) is 32.1 Å². The van der Waals surface area contributed by atoms with Crippen molar-refractivity contribution in [2.75, 3.05) is 0 Å². The summed E-state index contributed by atoms with van der Waals surface area (Å²) in [6.07, 6.45) is 7.39. The zero-order valence-electron chi connectivity index (χ0n) is 29.6. The third kappa shape index (κ3) is 7.06. The van der Waals surface area contributed by atoms with Crippen molar-refractivity contribution in [3.05, 3.63) is 129 Å².